The zero-order chi connectivity index (χ0) is 11.0. The summed E-state index contributed by atoms with van der Waals surface area (Å²) in [5.74, 6) is 0. The van der Waals surface area contributed by atoms with Gasteiger partial charge in [-0.2, -0.15) is 5.26 Å². The minimum Gasteiger partial charge on any atom is -0.303 e. The summed E-state index contributed by atoms with van der Waals surface area (Å²) in [6, 6.07) is 2.35. The van der Waals surface area contributed by atoms with E-state index in [2.05, 4.69) is 24.8 Å². The molecule has 0 aromatic rings. The summed E-state index contributed by atoms with van der Waals surface area (Å²) in [6.45, 7) is 11.8. The van der Waals surface area contributed by atoms with Crippen molar-refractivity contribution in [1.29, 1.82) is 5.26 Å². The second-order valence-corrected chi connectivity index (χ2v) is 4.59. The van der Waals surface area contributed by atoms with E-state index < -0.39 is 0 Å². The van der Waals surface area contributed by atoms with Crippen LogP contribution in [-0.4, -0.2) is 24.5 Å². The molecule has 0 aliphatic rings. The smallest absolute Gasteiger partial charge is 0.0684 e. The number of nitriles is 1. The first-order chi connectivity index (χ1) is 6.55. The van der Waals surface area contributed by atoms with Crippen molar-refractivity contribution in [2.75, 3.05) is 19.6 Å². The Morgan fingerprint density at radius 1 is 1.07 bits per heavy atom. The monoisotopic (exact) mass is 196 g/mol. The van der Waals surface area contributed by atoms with Crippen LogP contribution in [0.2, 0.25) is 0 Å². The molecule has 0 aromatic heterocycles. The molecule has 0 radical (unpaired) electrons. The number of hydrogen-bond donors (Lipinski definition) is 0. The van der Waals surface area contributed by atoms with Crippen LogP contribution in [0.1, 0.15) is 47.0 Å². The second-order valence-electron chi connectivity index (χ2n) is 4.59. The quantitative estimate of drug-likeness (QED) is 0.626. The average molecular weight is 196 g/mol. The van der Waals surface area contributed by atoms with Gasteiger partial charge in [-0.3, -0.25) is 0 Å². The first-order valence-corrected chi connectivity index (χ1v) is 5.69. The van der Waals surface area contributed by atoms with Gasteiger partial charge < -0.3 is 4.90 Å². The molecule has 0 aliphatic heterocycles. The van der Waals surface area contributed by atoms with Gasteiger partial charge >= 0.3 is 0 Å². The molecule has 82 valence electrons. The van der Waals surface area contributed by atoms with Crippen molar-refractivity contribution in [2.45, 2.75) is 47.0 Å². The molecular weight excluding hydrogens is 172 g/mol. The van der Waals surface area contributed by atoms with Crippen molar-refractivity contribution < 1.29 is 0 Å². The molecule has 0 amide bonds. The fraction of sp³-hybridized carbons (Fsp3) is 0.917. The van der Waals surface area contributed by atoms with E-state index in [4.69, 9.17) is 5.26 Å². The van der Waals surface area contributed by atoms with Gasteiger partial charge in [0.15, 0.2) is 0 Å². The van der Waals surface area contributed by atoms with Crippen LogP contribution in [0, 0.1) is 16.7 Å². The Bertz CT molecular complexity index is 173. The SMILES string of the molecule is CCCN(CCC)CCC(C)(C)C#N. The highest BCUT2D eigenvalue weighted by molar-refractivity contribution is 4.91. The minimum absolute atomic E-state index is 0.167. The standard InChI is InChI=1S/C12H24N2/c1-5-8-14(9-6-2)10-7-12(3,4)11-13/h5-10H2,1-4H3. The molecule has 14 heavy (non-hydrogen) atoms. The van der Waals surface area contributed by atoms with Crippen LogP contribution in [0.5, 0.6) is 0 Å². The molecule has 2 heteroatoms. The van der Waals surface area contributed by atoms with Gasteiger partial charge in [0.05, 0.1) is 11.5 Å². The summed E-state index contributed by atoms with van der Waals surface area (Å²) in [5.41, 5.74) is -0.167. The Morgan fingerprint density at radius 3 is 1.93 bits per heavy atom. The maximum Gasteiger partial charge on any atom is 0.0684 e. The van der Waals surface area contributed by atoms with Crippen molar-refractivity contribution in [3.8, 4) is 6.07 Å². The molecule has 0 fully saturated rings. The van der Waals surface area contributed by atoms with Gasteiger partial charge in [0.1, 0.15) is 0 Å². The Hall–Kier alpha value is -0.550. The average Bonchev–Trinajstić information content (AvgIpc) is 2.15. The summed E-state index contributed by atoms with van der Waals surface area (Å²) in [5, 5.41) is 8.90. The van der Waals surface area contributed by atoms with Crippen LogP contribution < -0.4 is 0 Å². The topological polar surface area (TPSA) is 27.0 Å². The summed E-state index contributed by atoms with van der Waals surface area (Å²) >= 11 is 0. The van der Waals surface area contributed by atoms with E-state index in [1.54, 1.807) is 0 Å². The third-order valence-electron chi connectivity index (χ3n) is 2.44. The largest absolute Gasteiger partial charge is 0.303 e. The van der Waals surface area contributed by atoms with Crippen LogP contribution in [0.25, 0.3) is 0 Å². The van der Waals surface area contributed by atoms with E-state index in [9.17, 15) is 0 Å². The van der Waals surface area contributed by atoms with Gasteiger partial charge in [-0.25, -0.2) is 0 Å². The zero-order valence-electron chi connectivity index (χ0n) is 10.1. The Morgan fingerprint density at radius 2 is 1.57 bits per heavy atom. The van der Waals surface area contributed by atoms with Crippen molar-refractivity contribution in [3.63, 3.8) is 0 Å². The Kier molecular flexibility index (Phi) is 6.57. The Balaban J connectivity index is 3.87. The summed E-state index contributed by atoms with van der Waals surface area (Å²) < 4.78 is 0. The molecule has 2 nitrogen and oxygen atoms in total. The van der Waals surface area contributed by atoms with Crippen LogP contribution in [-0.2, 0) is 0 Å². The molecule has 0 aromatic carbocycles. The van der Waals surface area contributed by atoms with Crippen LogP contribution >= 0.6 is 0 Å². The number of hydrogen-bond acceptors (Lipinski definition) is 2. The van der Waals surface area contributed by atoms with Crippen LogP contribution in [0.15, 0.2) is 0 Å². The van der Waals surface area contributed by atoms with E-state index in [0.29, 0.717) is 0 Å². The van der Waals surface area contributed by atoms with Crippen LogP contribution in [0.3, 0.4) is 0 Å². The summed E-state index contributed by atoms with van der Waals surface area (Å²) in [7, 11) is 0. The van der Waals surface area contributed by atoms with Crippen molar-refractivity contribution in [3.05, 3.63) is 0 Å². The van der Waals surface area contributed by atoms with E-state index in [-0.39, 0.29) is 5.41 Å². The maximum absolute atomic E-state index is 8.90. The Labute approximate surface area is 88.9 Å². The molecule has 0 heterocycles. The molecule has 0 saturated heterocycles. The van der Waals surface area contributed by atoms with Crippen molar-refractivity contribution in [2.24, 2.45) is 5.41 Å². The van der Waals surface area contributed by atoms with Gasteiger partial charge in [0, 0.05) is 0 Å². The van der Waals surface area contributed by atoms with Crippen molar-refractivity contribution in [1.82, 2.24) is 4.90 Å². The maximum atomic E-state index is 8.90. The number of nitrogens with zero attached hydrogens (tertiary/aromatic N) is 2. The van der Waals surface area contributed by atoms with Crippen molar-refractivity contribution >= 4 is 0 Å². The van der Waals surface area contributed by atoms with Gasteiger partial charge in [0.25, 0.3) is 0 Å². The van der Waals surface area contributed by atoms with E-state index in [1.807, 2.05) is 13.8 Å². The van der Waals surface area contributed by atoms with E-state index >= 15 is 0 Å². The van der Waals surface area contributed by atoms with Gasteiger partial charge in [-0.1, -0.05) is 13.8 Å². The molecule has 0 aliphatic carbocycles. The fourth-order valence-corrected chi connectivity index (χ4v) is 1.46. The molecule has 0 N–H and O–H groups in total. The molecule has 0 atom stereocenters. The third-order valence-corrected chi connectivity index (χ3v) is 2.44. The highest BCUT2D eigenvalue weighted by atomic mass is 15.1. The lowest BCUT2D eigenvalue weighted by Crippen LogP contribution is -2.29. The predicted molar refractivity (Wildman–Crippen MR) is 61.0 cm³/mol. The summed E-state index contributed by atoms with van der Waals surface area (Å²) in [4.78, 5) is 2.46. The molecular formula is C12H24N2. The highest BCUT2D eigenvalue weighted by Crippen LogP contribution is 2.18. The molecule has 0 bridgehead atoms. The second kappa shape index (κ2) is 6.84. The lowest BCUT2D eigenvalue weighted by molar-refractivity contribution is 0.242. The zero-order valence-corrected chi connectivity index (χ0v) is 10.1. The lowest BCUT2D eigenvalue weighted by atomic mass is 9.91. The van der Waals surface area contributed by atoms with Crippen LogP contribution in [0.4, 0.5) is 0 Å². The normalized spacial score (nSPS) is 11.7. The van der Waals surface area contributed by atoms with Gasteiger partial charge in [0.2, 0.25) is 0 Å². The van der Waals surface area contributed by atoms with Gasteiger partial charge in [-0.15, -0.1) is 0 Å². The first kappa shape index (κ1) is 13.4. The molecule has 0 spiro atoms. The highest BCUT2D eigenvalue weighted by Gasteiger charge is 2.17. The first-order valence-electron chi connectivity index (χ1n) is 5.69. The van der Waals surface area contributed by atoms with Gasteiger partial charge in [-0.05, 0) is 52.7 Å². The predicted octanol–water partition coefficient (Wildman–Crippen LogP) is 3.05. The minimum atomic E-state index is -0.167. The van der Waals surface area contributed by atoms with E-state index in [0.717, 1.165) is 26.1 Å². The lowest BCUT2D eigenvalue weighted by Gasteiger charge is -2.24. The molecule has 0 rings (SSSR count). The molecule has 0 unspecified atom stereocenters. The molecule has 0 saturated carbocycles. The third kappa shape index (κ3) is 5.99. The number of rotatable bonds is 7. The summed E-state index contributed by atoms with van der Waals surface area (Å²) in [6.07, 6.45) is 3.38. The van der Waals surface area contributed by atoms with E-state index in [1.165, 1.54) is 12.8 Å². The fourth-order valence-electron chi connectivity index (χ4n) is 1.46.